The molecule has 0 aromatic heterocycles. The molecular formula is C20H32N4O2. The fraction of sp³-hybridized carbons (Fsp3) is 0.600. The van der Waals surface area contributed by atoms with Gasteiger partial charge < -0.3 is 20.6 Å². The number of amides is 1. The highest BCUT2D eigenvalue weighted by Gasteiger charge is 2.42. The number of aliphatic imine (C=N–C) groups is 1. The van der Waals surface area contributed by atoms with Gasteiger partial charge in [-0.15, -0.1) is 0 Å². The van der Waals surface area contributed by atoms with Crippen LogP contribution in [0.1, 0.15) is 37.7 Å². The molecule has 6 nitrogen and oxygen atoms in total. The van der Waals surface area contributed by atoms with Crippen LogP contribution < -0.4 is 10.6 Å². The van der Waals surface area contributed by atoms with Gasteiger partial charge in [0.1, 0.15) is 5.75 Å². The molecule has 0 atom stereocenters. The van der Waals surface area contributed by atoms with Crippen molar-refractivity contribution in [1.82, 2.24) is 15.5 Å². The highest BCUT2D eigenvalue weighted by Crippen LogP contribution is 2.38. The summed E-state index contributed by atoms with van der Waals surface area (Å²) in [6.07, 6.45) is 6.00. The van der Waals surface area contributed by atoms with Gasteiger partial charge in [-0.2, -0.15) is 0 Å². The number of hydrogen-bond donors (Lipinski definition) is 3. The van der Waals surface area contributed by atoms with E-state index in [1.54, 1.807) is 24.1 Å². The highest BCUT2D eigenvalue weighted by molar-refractivity contribution is 5.85. The number of carbonyl (C=O) groups is 1. The lowest BCUT2D eigenvalue weighted by molar-refractivity contribution is -0.138. The number of benzene rings is 1. The van der Waals surface area contributed by atoms with Crippen molar-refractivity contribution >= 4 is 11.9 Å². The Balaban J connectivity index is 1.78. The molecule has 1 amide bonds. The molecule has 0 radical (unpaired) electrons. The van der Waals surface area contributed by atoms with Crippen LogP contribution in [0.25, 0.3) is 0 Å². The van der Waals surface area contributed by atoms with E-state index >= 15 is 0 Å². The molecule has 0 bridgehead atoms. The van der Waals surface area contributed by atoms with E-state index in [1.807, 2.05) is 26.2 Å². The molecule has 144 valence electrons. The molecule has 0 aliphatic heterocycles. The number of aromatic hydroxyl groups is 1. The van der Waals surface area contributed by atoms with Gasteiger partial charge in [-0.3, -0.25) is 9.79 Å². The third-order valence-electron chi connectivity index (χ3n) is 5.11. The smallest absolute Gasteiger partial charge is 0.230 e. The summed E-state index contributed by atoms with van der Waals surface area (Å²) < 4.78 is 0. The number of nitrogens with one attached hydrogen (secondary N) is 2. The SMILES string of the molecule is CN=C(NCCCc1ccc(O)cc1)NCC1(C(=O)N(C)C)CCCC1. The lowest BCUT2D eigenvalue weighted by Crippen LogP contribution is -2.49. The standard InChI is InChI=1S/C20H32N4O2/c1-21-19(22-14-6-7-16-8-10-17(25)11-9-16)23-15-20(12-4-5-13-20)18(26)24(2)3/h8-11,25H,4-7,12-15H2,1-3H3,(H2,21,22,23). The number of hydrogen-bond acceptors (Lipinski definition) is 3. The second-order valence-corrected chi connectivity index (χ2v) is 7.31. The normalized spacial score (nSPS) is 16.3. The zero-order chi connectivity index (χ0) is 19.0. The van der Waals surface area contributed by atoms with Crippen LogP contribution in [-0.2, 0) is 11.2 Å². The van der Waals surface area contributed by atoms with Crippen molar-refractivity contribution < 1.29 is 9.90 Å². The quantitative estimate of drug-likeness (QED) is 0.396. The van der Waals surface area contributed by atoms with E-state index in [0.29, 0.717) is 12.3 Å². The molecule has 1 aromatic rings. The van der Waals surface area contributed by atoms with Crippen LogP contribution in [-0.4, -0.2) is 56.1 Å². The van der Waals surface area contributed by atoms with E-state index in [1.165, 1.54) is 5.56 Å². The predicted octanol–water partition coefficient (Wildman–Crippen LogP) is 2.14. The molecule has 1 aliphatic carbocycles. The summed E-state index contributed by atoms with van der Waals surface area (Å²) in [6.45, 7) is 1.43. The van der Waals surface area contributed by atoms with Gasteiger partial charge in [0.25, 0.3) is 0 Å². The summed E-state index contributed by atoms with van der Waals surface area (Å²) in [6, 6.07) is 7.32. The predicted molar refractivity (Wildman–Crippen MR) is 105 cm³/mol. The average Bonchev–Trinajstić information content (AvgIpc) is 3.12. The fourth-order valence-electron chi connectivity index (χ4n) is 3.63. The third kappa shape index (κ3) is 5.38. The Hall–Kier alpha value is -2.24. The molecule has 0 unspecified atom stereocenters. The number of guanidine groups is 1. The molecule has 0 saturated heterocycles. The lowest BCUT2D eigenvalue weighted by atomic mass is 9.84. The summed E-state index contributed by atoms with van der Waals surface area (Å²) in [4.78, 5) is 18.6. The Morgan fingerprint density at radius 3 is 2.42 bits per heavy atom. The van der Waals surface area contributed by atoms with Crippen LogP contribution in [0.4, 0.5) is 0 Å². The maximum atomic E-state index is 12.6. The fourth-order valence-corrected chi connectivity index (χ4v) is 3.63. The minimum atomic E-state index is -0.298. The number of aryl methyl sites for hydroxylation is 1. The van der Waals surface area contributed by atoms with Crippen LogP contribution in [0.15, 0.2) is 29.3 Å². The molecule has 1 saturated carbocycles. The first-order valence-electron chi connectivity index (χ1n) is 9.41. The Kier molecular flexibility index (Phi) is 7.30. The minimum absolute atomic E-state index is 0.213. The van der Waals surface area contributed by atoms with Crippen molar-refractivity contribution in [3.8, 4) is 5.75 Å². The van der Waals surface area contributed by atoms with E-state index in [9.17, 15) is 9.90 Å². The van der Waals surface area contributed by atoms with Gasteiger partial charge in [-0.1, -0.05) is 25.0 Å². The third-order valence-corrected chi connectivity index (χ3v) is 5.11. The van der Waals surface area contributed by atoms with Gasteiger partial charge in [-0.25, -0.2) is 0 Å². The molecule has 1 fully saturated rings. The van der Waals surface area contributed by atoms with Crippen LogP contribution in [0.5, 0.6) is 5.75 Å². The van der Waals surface area contributed by atoms with Crippen molar-refractivity contribution in [2.24, 2.45) is 10.4 Å². The molecule has 2 rings (SSSR count). The Morgan fingerprint density at radius 2 is 1.85 bits per heavy atom. The molecule has 26 heavy (non-hydrogen) atoms. The maximum absolute atomic E-state index is 12.6. The monoisotopic (exact) mass is 360 g/mol. The van der Waals surface area contributed by atoms with E-state index < -0.39 is 0 Å². The van der Waals surface area contributed by atoms with E-state index in [0.717, 1.165) is 51.0 Å². The van der Waals surface area contributed by atoms with Gasteiger partial charge >= 0.3 is 0 Å². The summed E-state index contributed by atoms with van der Waals surface area (Å²) in [5, 5.41) is 16.0. The first-order valence-corrected chi connectivity index (χ1v) is 9.41. The topological polar surface area (TPSA) is 77.0 Å². The highest BCUT2D eigenvalue weighted by atomic mass is 16.3. The molecule has 3 N–H and O–H groups in total. The summed E-state index contributed by atoms with van der Waals surface area (Å²) >= 11 is 0. The van der Waals surface area contributed by atoms with Gasteiger partial charge in [0, 0.05) is 34.2 Å². The largest absolute Gasteiger partial charge is 0.508 e. The molecule has 0 heterocycles. The second kappa shape index (κ2) is 9.46. The van der Waals surface area contributed by atoms with Crippen LogP contribution in [0, 0.1) is 5.41 Å². The maximum Gasteiger partial charge on any atom is 0.230 e. The number of nitrogens with zero attached hydrogens (tertiary/aromatic N) is 2. The van der Waals surface area contributed by atoms with Crippen LogP contribution in [0.2, 0.25) is 0 Å². The zero-order valence-electron chi connectivity index (χ0n) is 16.2. The van der Waals surface area contributed by atoms with Gasteiger partial charge in [0.2, 0.25) is 5.91 Å². The summed E-state index contributed by atoms with van der Waals surface area (Å²) in [7, 11) is 5.42. The molecule has 1 aromatic carbocycles. The van der Waals surface area contributed by atoms with Gasteiger partial charge in [-0.05, 0) is 43.4 Å². The number of phenolic OH excluding ortho intramolecular Hbond substituents is 1. The molecule has 0 spiro atoms. The minimum Gasteiger partial charge on any atom is -0.508 e. The Bertz CT molecular complexity index is 605. The first-order chi connectivity index (χ1) is 12.5. The molecule has 1 aliphatic rings. The van der Waals surface area contributed by atoms with E-state index in [4.69, 9.17) is 0 Å². The summed E-state index contributed by atoms with van der Waals surface area (Å²) in [5.74, 6) is 1.25. The lowest BCUT2D eigenvalue weighted by Gasteiger charge is -2.31. The first kappa shape index (κ1) is 20.1. The molecular weight excluding hydrogens is 328 g/mol. The van der Waals surface area contributed by atoms with Crippen molar-refractivity contribution in [1.29, 1.82) is 0 Å². The van der Waals surface area contributed by atoms with Gasteiger partial charge in [0.05, 0.1) is 5.41 Å². The van der Waals surface area contributed by atoms with Crippen molar-refractivity contribution in [3.05, 3.63) is 29.8 Å². The van der Waals surface area contributed by atoms with Crippen LogP contribution in [0.3, 0.4) is 0 Å². The number of carbonyl (C=O) groups excluding carboxylic acids is 1. The Labute approximate surface area is 156 Å². The van der Waals surface area contributed by atoms with Gasteiger partial charge in [0.15, 0.2) is 5.96 Å². The summed E-state index contributed by atoms with van der Waals surface area (Å²) in [5.41, 5.74) is 0.904. The average molecular weight is 361 g/mol. The van der Waals surface area contributed by atoms with Crippen molar-refractivity contribution in [2.45, 2.75) is 38.5 Å². The van der Waals surface area contributed by atoms with E-state index in [-0.39, 0.29) is 11.3 Å². The van der Waals surface area contributed by atoms with Crippen molar-refractivity contribution in [3.63, 3.8) is 0 Å². The number of rotatable bonds is 7. The Morgan fingerprint density at radius 1 is 1.19 bits per heavy atom. The second-order valence-electron chi connectivity index (χ2n) is 7.31. The number of phenols is 1. The van der Waals surface area contributed by atoms with Crippen LogP contribution >= 0.6 is 0 Å². The van der Waals surface area contributed by atoms with E-state index in [2.05, 4.69) is 15.6 Å². The van der Waals surface area contributed by atoms with Crippen molar-refractivity contribution in [2.75, 3.05) is 34.2 Å². The molecule has 6 heteroatoms. The zero-order valence-corrected chi connectivity index (χ0v) is 16.2.